The van der Waals surface area contributed by atoms with E-state index in [2.05, 4.69) is 17.6 Å². The fraction of sp³-hybridized carbons (Fsp3) is 1.00. The SMILES string of the molecule is CCCCCCCCCCCCCNCCNC. The average molecular weight is 256 g/mol. The Kier molecular flexibility index (Phi) is 16.8. The Morgan fingerprint density at radius 3 is 1.56 bits per heavy atom. The van der Waals surface area contributed by atoms with E-state index < -0.39 is 0 Å². The second-order valence-electron chi connectivity index (χ2n) is 5.39. The van der Waals surface area contributed by atoms with E-state index in [1.54, 1.807) is 0 Å². The van der Waals surface area contributed by atoms with Crippen LogP contribution in [0.5, 0.6) is 0 Å². The molecule has 2 N–H and O–H groups in total. The molecular weight excluding hydrogens is 220 g/mol. The second kappa shape index (κ2) is 16.9. The van der Waals surface area contributed by atoms with Crippen LogP contribution in [0.4, 0.5) is 0 Å². The Morgan fingerprint density at radius 1 is 0.556 bits per heavy atom. The lowest BCUT2D eigenvalue weighted by Gasteiger charge is -2.04. The van der Waals surface area contributed by atoms with E-state index in [9.17, 15) is 0 Å². The summed E-state index contributed by atoms with van der Waals surface area (Å²) in [6.07, 6.45) is 15.7. The van der Waals surface area contributed by atoms with Crippen LogP contribution >= 0.6 is 0 Å². The van der Waals surface area contributed by atoms with Gasteiger partial charge in [0.15, 0.2) is 0 Å². The van der Waals surface area contributed by atoms with Gasteiger partial charge in [0, 0.05) is 13.1 Å². The van der Waals surface area contributed by atoms with Crippen LogP contribution in [0.1, 0.15) is 77.6 Å². The zero-order chi connectivity index (χ0) is 13.3. The molecule has 2 nitrogen and oxygen atoms in total. The van der Waals surface area contributed by atoms with E-state index >= 15 is 0 Å². The Labute approximate surface area is 115 Å². The van der Waals surface area contributed by atoms with Gasteiger partial charge in [0.25, 0.3) is 0 Å². The van der Waals surface area contributed by atoms with Crippen molar-refractivity contribution in [3.8, 4) is 0 Å². The third-order valence-electron chi connectivity index (χ3n) is 3.51. The van der Waals surface area contributed by atoms with Gasteiger partial charge in [0.2, 0.25) is 0 Å². The molecule has 0 saturated carbocycles. The molecule has 0 aromatic carbocycles. The van der Waals surface area contributed by atoms with Crippen LogP contribution in [0.25, 0.3) is 0 Å². The second-order valence-corrected chi connectivity index (χ2v) is 5.39. The number of hydrogen-bond acceptors (Lipinski definition) is 2. The summed E-state index contributed by atoms with van der Waals surface area (Å²) in [4.78, 5) is 0. The molecule has 0 aromatic rings. The minimum Gasteiger partial charge on any atom is -0.318 e. The van der Waals surface area contributed by atoms with Crippen molar-refractivity contribution in [1.82, 2.24) is 10.6 Å². The fourth-order valence-corrected chi connectivity index (χ4v) is 2.25. The standard InChI is InChI=1S/C16H36N2/c1-3-4-5-6-7-8-9-10-11-12-13-14-18-16-15-17-2/h17-18H,3-16H2,1-2H3. The molecule has 0 saturated heterocycles. The quantitative estimate of drug-likeness (QED) is 0.431. The molecule has 0 aliphatic rings. The zero-order valence-corrected chi connectivity index (χ0v) is 12.9. The van der Waals surface area contributed by atoms with E-state index in [0.717, 1.165) is 13.1 Å². The maximum atomic E-state index is 3.45. The molecule has 2 heteroatoms. The predicted molar refractivity (Wildman–Crippen MR) is 83.3 cm³/mol. The molecule has 0 unspecified atom stereocenters. The smallest absolute Gasteiger partial charge is 0.00766 e. The van der Waals surface area contributed by atoms with Crippen LogP contribution in [-0.4, -0.2) is 26.7 Å². The molecule has 0 atom stereocenters. The summed E-state index contributed by atoms with van der Waals surface area (Å²) in [5.41, 5.74) is 0. The monoisotopic (exact) mass is 256 g/mol. The van der Waals surface area contributed by atoms with E-state index in [1.807, 2.05) is 7.05 Å². The van der Waals surface area contributed by atoms with Gasteiger partial charge in [0.1, 0.15) is 0 Å². The normalized spacial score (nSPS) is 11.0. The van der Waals surface area contributed by atoms with Crippen molar-refractivity contribution >= 4 is 0 Å². The number of nitrogens with one attached hydrogen (secondary N) is 2. The molecule has 0 aliphatic carbocycles. The number of hydrogen-bond donors (Lipinski definition) is 2. The van der Waals surface area contributed by atoms with Gasteiger partial charge >= 0.3 is 0 Å². The molecule has 0 aromatic heterocycles. The van der Waals surface area contributed by atoms with Gasteiger partial charge in [-0.25, -0.2) is 0 Å². The van der Waals surface area contributed by atoms with Crippen LogP contribution in [0.3, 0.4) is 0 Å². The largest absolute Gasteiger partial charge is 0.318 e. The van der Waals surface area contributed by atoms with E-state index in [1.165, 1.54) is 77.2 Å². The van der Waals surface area contributed by atoms with Gasteiger partial charge in [-0.1, -0.05) is 71.1 Å². The molecule has 0 bridgehead atoms. The molecule has 0 radical (unpaired) electrons. The summed E-state index contributed by atoms with van der Waals surface area (Å²) >= 11 is 0. The topological polar surface area (TPSA) is 24.1 Å². The lowest BCUT2D eigenvalue weighted by molar-refractivity contribution is 0.538. The van der Waals surface area contributed by atoms with Gasteiger partial charge in [-0.3, -0.25) is 0 Å². The first kappa shape index (κ1) is 17.9. The highest BCUT2D eigenvalue weighted by molar-refractivity contribution is 4.51. The van der Waals surface area contributed by atoms with Crippen molar-refractivity contribution in [2.24, 2.45) is 0 Å². The van der Waals surface area contributed by atoms with Crippen molar-refractivity contribution < 1.29 is 0 Å². The molecule has 0 rings (SSSR count). The molecule has 18 heavy (non-hydrogen) atoms. The maximum Gasteiger partial charge on any atom is 0.00766 e. The average Bonchev–Trinajstić information content (AvgIpc) is 2.39. The number of unbranched alkanes of at least 4 members (excludes halogenated alkanes) is 10. The summed E-state index contributed by atoms with van der Waals surface area (Å²) in [5.74, 6) is 0. The predicted octanol–water partition coefficient (Wildman–Crippen LogP) is 4.11. The first-order chi connectivity index (χ1) is 8.91. The van der Waals surface area contributed by atoms with Crippen LogP contribution < -0.4 is 10.6 Å². The highest BCUT2D eigenvalue weighted by Gasteiger charge is 1.93. The number of rotatable bonds is 15. The van der Waals surface area contributed by atoms with Crippen LogP contribution in [-0.2, 0) is 0 Å². The van der Waals surface area contributed by atoms with Crippen LogP contribution in [0.15, 0.2) is 0 Å². The fourth-order valence-electron chi connectivity index (χ4n) is 2.25. The Morgan fingerprint density at radius 2 is 1.06 bits per heavy atom. The zero-order valence-electron chi connectivity index (χ0n) is 12.9. The van der Waals surface area contributed by atoms with Crippen molar-refractivity contribution in [3.63, 3.8) is 0 Å². The molecule has 0 heterocycles. The molecule has 110 valence electrons. The van der Waals surface area contributed by atoms with Gasteiger partial charge < -0.3 is 10.6 Å². The van der Waals surface area contributed by atoms with Gasteiger partial charge in [-0.15, -0.1) is 0 Å². The summed E-state index contributed by atoms with van der Waals surface area (Å²) in [6.45, 7) is 5.67. The molecule has 0 aliphatic heterocycles. The first-order valence-corrected chi connectivity index (χ1v) is 8.27. The van der Waals surface area contributed by atoms with Crippen molar-refractivity contribution in [2.45, 2.75) is 77.6 Å². The minimum absolute atomic E-state index is 1.08. The highest BCUT2D eigenvalue weighted by atomic mass is 14.9. The van der Waals surface area contributed by atoms with E-state index in [-0.39, 0.29) is 0 Å². The summed E-state index contributed by atoms with van der Waals surface area (Å²) in [5, 5.41) is 6.60. The summed E-state index contributed by atoms with van der Waals surface area (Å²) in [6, 6.07) is 0. The third kappa shape index (κ3) is 15.9. The van der Waals surface area contributed by atoms with Crippen LogP contribution in [0, 0.1) is 0 Å². The van der Waals surface area contributed by atoms with Gasteiger partial charge in [-0.05, 0) is 20.0 Å². The first-order valence-electron chi connectivity index (χ1n) is 8.27. The molecule has 0 spiro atoms. The summed E-state index contributed by atoms with van der Waals surface area (Å²) < 4.78 is 0. The molecular formula is C16H36N2. The summed E-state index contributed by atoms with van der Waals surface area (Å²) in [7, 11) is 2.00. The van der Waals surface area contributed by atoms with Crippen molar-refractivity contribution in [1.29, 1.82) is 0 Å². The number of likely N-dealkylation sites (N-methyl/N-ethyl adjacent to an activating group) is 1. The highest BCUT2D eigenvalue weighted by Crippen LogP contribution is 2.10. The van der Waals surface area contributed by atoms with Crippen LogP contribution in [0.2, 0.25) is 0 Å². The van der Waals surface area contributed by atoms with E-state index in [4.69, 9.17) is 0 Å². The third-order valence-corrected chi connectivity index (χ3v) is 3.51. The van der Waals surface area contributed by atoms with Crippen molar-refractivity contribution in [2.75, 3.05) is 26.7 Å². The maximum absolute atomic E-state index is 3.45. The Balaban J connectivity index is 2.86. The molecule has 0 amide bonds. The van der Waals surface area contributed by atoms with Crippen molar-refractivity contribution in [3.05, 3.63) is 0 Å². The molecule has 0 fully saturated rings. The Bertz CT molecular complexity index is 121. The Hall–Kier alpha value is -0.0800. The lowest BCUT2D eigenvalue weighted by atomic mass is 10.1. The van der Waals surface area contributed by atoms with E-state index in [0.29, 0.717) is 0 Å². The van der Waals surface area contributed by atoms with Gasteiger partial charge in [0.05, 0.1) is 0 Å². The van der Waals surface area contributed by atoms with Gasteiger partial charge in [-0.2, -0.15) is 0 Å². The lowest BCUT2D eigenvalue weighted by Crippen LogP contribution is -2.25. The minimum atomic E-state index is 1.08.